The Labute approximate surface area is 115 Å². The zero-order valence-corrected chi connectivity index (χ0v) is 10.8. The summed E-state index contributed by atoms with van der Waals surface area (Å²) in [6, 6.07) is 2.87. The SMILES string of the molecule is O=C(O)CCCCCNC(=O)Nc1cccc(F)c1F. The number of aliphatic carboxylic acids is 1. The normalized spacial score (nSPS) is 10.1. The van der Waals surface area contributed by atoms with Gasteiger partial charge < -0.3 is 15.7 Å². The van der Waals surface area contributed by atoms with Gasteiger partial charge in [-0.15, -0.1) is 0 Å². The molecule has 0 atom stereocenters. The molecule has 0 aliphatic carbocycles. The van der Waals surface area contributed by atoms with Gasteiger partial charge in [0.05, 0.1) is 5.69 Å². The van der Waals surface area contributed by atoms with Gasteiger partial charge in [0.25, 0.3) is 0 Å². The van der Waals surface area contributed by atoms with Crippen LogP contribution < -0.4 is 10.6 Å². The first-order valence-corrected chi connectivity index (χ1v) is 6.21. The van der Waals surface area contributed by atoms with Gasteiger partial charge in [-0.3, -0.25) is 4.79 Å². The van der Waals surface area contributed by atoms with E-state index in [-0.39, 0.29) is 12.1 Å². The number of nitrogens with one attached hydrogen (secondary N) is 2. The monoisotopic (exact) mass is 286 g/mol. The summed E-state index contributed by atoms with van der Waals surface area (Å²) in [6.07, 6.45) is 1.92. The summed E-state index contributed by atoms with van der Waals surface area (Å²) in [6.45, 7) is 0.336. The summed E-state index contributed by atoms with van der Waals surface area (Å²) >= 11 is 0. The second kappa shape index (κ2) is 8.08. The van der Waals surface area contributed by atoms with Crippen molar-refractivity contribution in [3.05, 3.63) is 29.8 Å². The molecular weight excluding hydrogens is 270 g/mol. The van der Waals surface area contributed by atoms with Crippen LogP contribution >= 0.6 is 0 Å². The number of hydrogen-bond acceptors (Lipinski definition) is 2. The third-order valence-electron chi connectivity index (χ3n) is 2.55. The molecule has 0 saturated carbocycles. The molecule has 20 heavy (non-hydrogen) atoms. The number of carboxylic acid groups (broad SMARTS) is 1. The van der Waals surface area contributed by atoms with E-state index >= 15 is 0 Å². The fourth-order valence-electron chi connectivity index (χ4n) is 1.55. The Hall–Kier alpha value is -2.18. The Morgan fingerprint density at radius 2 is 1.90 bits per heavy atom. The first-order chi connectivity index (χ1) is 9.50. The number of amides is 2. The summed E-state index contributed by atoms with van der Waals surface area (Å²) in [5, 5.41) is 13.1. The minimum absolute atomic E-state index is 0.0979. The number of carbonyl (C=O) groups excluding carboxylic acids is 1. The van der Waals surface area contributed by atoms with Crippen LogP contribution in [-0.2, 0) is 4.79 Å². The van der Waals surface area contributed by atoms with Gasteiger partial charge >= 0.3 is 12.0 Å². The van der Waals surface area contributed by atoms with E-state index in [9.17, 15) is 18.4 Å². The van der Waals surface area contributed by atoms with Crippen LogP contribution in [0.25, 0.3) is 0 Å². The average molecular weight is 286 g/mol. The molecule has 110 valence electrons. The minimum Gasteiger partial charge on any atom is -0.481 e. The standard InChI is InChI=1S/C13H16F2N2O3/c14-9-5-4-6-10(12(9)15)17-13(20)16-8-3-1-2-7-11(18)19/h4-6H,1-3,7-8H2,(H,18,19)(H2,16,17,20). The largest absolute Gasteiger partial charge is 0.481 e. The fraction of sp³-hybridized carbons (Fsp3) is 0.385. The molecule has 7 heteroatoms. The van der Waals surface area contributed by atoms with E-state index in [0.717, 1.165) is 6.07 Å². The van der Waals surface area contributed by atoms with Gasteiger partial charge in [0.15, 0.2) is 11.6 Å². The predicted octanol–water partition coefficient (Wildman–Crippen LogP) is 2.73. The number of hydrogen-bond donors (Lipinski definition) is 3. The van der Waals surface area contributed by atoms with Crippen molar-refractivity contribution in [1.82, 2.24) is 5.32 Å². The lowest BCUT2D eigenvalue weighted by Gasteiger charge is -2.08. The van der Waals surface area contributed by atoms with Crippen LogP contribution in [0.1, 0.15) is 25.7 Å². The number of rotatable bonds is 7. The van der Waals surface area contributed by atoms with E-state index < -0.39 is 23.6 Å². The van der Waals surface area contributed by atoms with Crippen LogP contribution in [0.4, 0.5) is 19.3 Å². The number of anilines is 1. The van der Waals surface area contributed by atoms with Crippen LogP contribution in [0.3, 0.4) is 0 Å². The lowest BCUT2D eigenvalue weighted by Crippen LogP contribution is -2.30. The van der Waals surface area contributed by atoms with E-state index in [0.29, 0.717) is 25.8 Å². The maximum Gasteiger partial charge on any atom is 0.319 e. The molecule has 0 unspecified atom stereocenters. The van der Waals surface area contributed by atoms with Crippen LogP contribution in [-0.4, -0.2) is 23.7 Å². The molecule has 0 spiro atoms. The Balaban J connectivity index is 2.24. The molecular formula is C13H16F2N2O3. The van der Waals surface area contributed by atoms with Crippen LogP contribution in [0, 0.1) is 11.6 Å². The van der Waals surface area contributed by atoms with Crippen molar-refractivity contribution >= 4 is 17.7 Å². The number of benzene rings is 1. The van der Waals surface area contributed by atoms with Crippen LogP contribution in [0.15, 0.2) is 18.2 Å². The summed E-state index contributed by atoms with van der Waals surface area (Å²) in [5.74, 6) is -2.99. The number of unbranched alkanes of at least 4 members (excludes halogenated alkanes) is 2. The third kappa shape index (κ3) is 5.64. The topological polar surface area (TPSA) is 78.4 Å². The zero-order chi connectivity index (χ0) is 15.0. The van der Waals surface area contributed by atoms with Gasteiger partial charge in [0.2, 0.25) is 0 Å². The number of carboxylic acids is 1. The van der Waals surface area contributed by atoms with Crippen molar-refractivity contribution in [2.45, 2.75) is 25.7 Å². The molecule has 2 amide bonds. The lowest BCUT2D eigenvalue weighted by molar-refractivity contribution is -0.137. The maximum absolute atomic E-state index is 13.3. The maximum atomic E-state index is 13.3. The molecule has 0 heterocycles. The summed E-state index contributed by atoms with van der Waals surface area (Å²) < 4.78 is 26.1. The number of halogens is 2. The number of urea groups is 1. The average Bonchev–Trinajstić information content (AvgIpc) is 2.39. The van der Waals surface area contributed by atoms with E-state index in [4.69, 9.17) is 5.11 Å². The van der Waals surface area contributed by atoms with Crippen molar-refractivity contribution in [1.29, 1.82) is 0 Å². The molecule has 0 fully saturated rings. The van der Waals surface area contributed by atoms with Crippen LogP contribution in [0.2, 0.25) is 0 Å². The first-order valence-electron chi connectivity index (χ1n) is 6.21. The summed E-state index contributed by atoms with van der Waals surface area (Å²) in [7, 11) is 0. The molecule has 0 saturated heterocycles. The highest BCUT2D eigenvalue weighted by atomic mass is 19.2. The second-order valence-electron chi connectivity index (χ2n) is 4.19. The van der Waals surface area contributed by atoms with E-state index in [1.165, 1.54) is 12.1 Å². The Kier molecular flexibility index (Phi) is 6.42. The Bertz CT molecular complexity index is 481. The molecule has 0 aliphatic heterocycles. The predicted molar refractivity (Wildman–Crippen MR) is 69.5 cm³/mol. The summed E-state index contributed by atoms with van der Waals surface area (Å²) in [4.78, 5) is 21.7. The summed E-state index contributed by atoms with van der Waals surface area (Å²) in [5.41, 5.74) is -0.228. The smallest absolute Gasteiger partial charge is 0.319 e. The molecule has 0 bridgehead atoms. The highest BCUT2D eigenvalue weighted by molar-refractivity contribution is 5.89. The molecule has 0 aliphatic rings. The minimum atomic E-state index is -1.11. The van der Waals surface area contributed by atoms with Crippen molar-refractivity contribution in [3.63, 3.8) is 0 Å². The molecule has 0 aromatic heterocycles. The molecule has 1 rings (SSSR count). The molecule has 5 nitrogen and oxygen atoms in total. The van der Waals surface area contributed by atoms with Crippen molar-refractivity contribution in [2.24, 2.45) is 0 Å². The van der Waals surface area contributed by atoms with E-state index in [2.05, 4.69) is 10.6 Å². The highest BCUT2D eigenvalue weighted by Crippen LogP contribution is 2.16. The fourth-order valence-corrected chi connectivity index (χ4v) is 1.55. The van der Waals surface area contributed by atoms with Gasteiger partial charge in [-0.2, -0.15) is 0 Å². The van der Waals surface area contributed by atoms with E-state index in [1.54, 1.807) is 0 Å². The van der Waals surface area contributed by atoms with Gasteiger partial charge in [-0.1, -0.05) is 12.5 Å². The van der Waals surface area contributed by atoms with Gasteiger partial charge in [-0.05, 0) is 25.0 Å². The van der Waals surface area contributed by atoms with Gasteiger partial charge in [0.1, 0.15) is 0 Å². The first kappa shape index (κ1) is 15.9. The van der Waals surface area contributed by atoms with Crippen molar-refractivity contribution in [3.8, 4) is 0 Å². The third-order valence-corrected chi connectivity index (χ3v) is 2.55. The van der Waals surface area contributed by atoms with E-state index in [1.807, 2.05) is 0 Å². The highest BCUT2D eigenvalue weighted by Gasteiger charge is 2.09. The van der Waals surface area contributed by atoms with Crippen molar-refractivity contribution < 1.29 is 23.5 Å². The Morgan fingerprint density at radius 1 is 1.15 bits per heavy atom. The molecule has 3 N–H and O–H groups in total. The molecule has 0 radical (unpaired) electrons. The quantitative estimate of drug-likeness (QED) is 0.674. The molecule has 1 aromatic carbocycles. The van der Waals surface area contributed by atoms with Crippen molar-refractivity contribution in [2.75, 3.05) is 11.9 Å². The Morgan fingerprint density at radius 3 is 2.60 bits per heavy atom. The lowest BCUT2D eigenvalue weighted by atomic mass is 10.2. The van der Waals surface area contributed by atoms with Gasteiger partial charge in [-0.25, -0.2) is 13.6 Å². The molecule has 1 aromatic rings. The van der Waals surface area contributed by atoms with Gasteiger partial charge in [0, 0.05) is 13.0 Å². The van der Waals surface area contributed by atoms with Crippen LogP contribution in [0.5, 0.6) is 0 Å². The number of carbonyl (C=O) groups is 2. The second-order valence-corrected chi connectivity index (χ2v) is 4.19. The zero-order valence-electron chi connectivity index (χ0n) is 10.8.